The molecule has 3 aliphatic rings. The van der Waals surface area contributed by atoms with Gasteiger partial charge in [0.1, 0.15) is 6.04 Å². The lowest BCUT2D eigenvalue weighted by Crippen LogP contribution is -2.56. The van der Waals surface area contributed by atoms with E-state index < -0.39 is 6.04 Å². The quantitative estimate of drug-likeness (QED) is 0.746. The van der Waals surface area contributed by atoms with Crippen LogP contribution in [0.2, 0.25) is 0 Å². The number of nitriles is 1. The number of nitrogens with two attached hydrogens (primary N) is 1. The normalized spacial score (nSPS) is 27.7. The molecule has 8 heteroatoms. The van der Waals surface area contributed by atoms with Gasteiger partial charge < -0.3 is 15.5 Å². The summed E-state index contributed by atoms with van der Waals surface area (Å²) >= 11 is 0. The van der Waals surface area contributed by atoms with E-state index in [0.29, 0.717) is 31.7 Å². The van der Waals surface area contributed by atoms with Crippen LogP contribution in [0.5, 0.6) is 0 Å². The van der Waals surface area contributed by atoms with Gasteiger partial charge in [0.05, 0.1) is 30.8 Å². The summed E-state index contributed by atoms with van der Waals surface area (Å²) in [6.07, 6.45) is 2.27. The molecule has 3 saturated heterocycles. The Morgan fingerprint density at radius 3 is 2.77 bits per heavy atom. The Bertz CT molecular complexity index is 917. The van der Waals surface area contributed by atoms with Crippen molar-refractivity contribution in [3.8, 4) is 6.07 Å². The molecule has 2 amide bonds. The molecule has 3 aliphatic heterocycles. The number of hydrogen-bond donors (Lipinski definition) is 1. The summed E-state index contributed by atoms with van der Waals surface area (Å²) in [7, 11) is 0. The summed E-state index contributed by atoms with van der Waals surface area (Å²) in [5, 5.41) is 9.22. The first-order valence-corrected chi connectivity index (χ1v) is 10.4. The van der Waals surface area contributed by atoms with Gasteiger partial charge in [0, 0.05) is 25.7 Å². The number of likely N-dealkylation sites (tertiary alicyclic amines) is 3. The number of nitrogens with zero attached hydrogens (tertiary/aromatic N) is 5. The van der Waals surface area contributed by atoms with Gasteiger partial charge in [0.25, 0.3) is 0 Å². The van der Waals surface area contributed by atoms with Crippen LogP contribution in [0.25, 0.3) is 4.85 Å². The smallest absolute Gasteiger partial charge is 0.241 e. The van der Waals surface area contributed by atoms with Crippen LogP contribution >= 0.6 is 0 Å². The fraction of sp³-hybridized carbons (Fsp3) is 0.545. The average molecular weight is 406 g/mol. The van der Waals surface area contributed by atoms with E-state index in [4.69, 9.17) is 12.3 Å². The van der Waals surface area contributed by atoms with E-state index in [0.717, 1.165) is 18.4 Å². The van der Waals surface area contributed by atoms with Crippen LogP contribution in [0.15, 0.2) is 24.3 Å². The molecule has 0 saturated carbocycles. The van der Waals surface area contributed by atoms with Crippen molar-refractivity contribution < 1.29 is 9.59 Å². The van der Waals surface area contributed by atoms with Crippen molar-refractivity contribution in [2.75, 3.05) is 19.6 Å². The Labute approximate surface area is 176 Å². The first-order valence-electron chi connectivity index (χ1n) is 10.4. The highest BCUT2D eigenvalue weighted by Crippen LogP contribution is 2.38. The van der Waals surface area contributed by atoms with Gasteiger partial charge in [-0.15, -0.1) is 0 Å². The maximum atomic E-state index is 13.1. The van der Waals surface area contributed by atoms with E-state index in [1.54, 1.807) is 17.0 Å². The SMILES string of the molecule is [C-]#[N+]c1ccc([C@H](C)N2C(=O)[C@@H]3C[C@H]2CN3C[C@H](N)C(=O)N2CCC[C@H]2C#N)cc1. The van der Waals surface area contributed by atoms with Gasteiger partial charge in [-0.2, -0.15) is 5.26 Å². The molecule has 0 unspecified atom stereocenters. The zero-order valence-corrected chi connectivity index (χ0v) is 17.1. The average Bonchev–Trinajstić information content (AvgIpc) is 3.47. The van der Waals surface area contributed by atoms with Gasteiger partial charge in [-0.25, -0.2) is 4.85 Å². The van der Waals surface area contributed by atoms with Gasteiger partial charge in [-0.3, -0.25) is 14.5 Å². The molecule has 8 nitrogen and oxygen atoms in total. The van der Waals surface area contributed by atoms with Crippen molar-refractivity contribution in [3.05, 3.63) is 41.2 Å². The van der Waals surface area contributed by atoms with Crippen LogP contribution in [0.1, 0.15) is 37.8 Å². The number of benzene rings is 1. The van der Waals surface area contributed by atoms with Crippen LogP contribution in [0.3, 0.4) is 0 Å². The Morgan fingerprint density at radius 1 is 1.40 bits per heavy atom. The Balaban J connectivity index is 1.39. The first kappa shape index (κ1) is 20.3. The monoisotopic (exact) mass is 406 g/mol. The van der Waals surface area contributed by atoms with Crippen molar-refractivity contribution in [3.63, 3.8) is 0 Å². The van der Waals surface area contributed by atoms with Crippen molar-refractivity contribution in [2.45, 2.75) is 56.4 Å². The molecule has 5 atom stereocenters. The molecule has 2 N–H and O–H groups in total. The Kier molecular flexibility index (Phi) is 5.46. The van der Waals surface area contributed by atoms with Crippen LogP contribution in [0, 0.1) is 17.9 Å². The number of hydrogen-bond acceptors (Lipinski definition) is 5. The highest BCUT2D eigenvalue weighted by Gasteiger charge is 2.51. The molecule has 4 rings (SSSR count). The summed E-state index contributed by atoms with van der Waals surface area (Å²) in [5.74, 6) is -0.122. The molecule has 1 aromatic rings. The second-order valence-electron chi connectivity index (χ2n) is 8.41. The van der Waals surface area contributed by atoms with Crippen LogP contribution in [-0.2, 0) is 9.59 Å². The molecule has 0 aliphatic carbocycles. The lowest BCUT2D eigenvalue weighted by atomic mass is 10.0. The summed E-state index contributed by atoms with van der Waals surface area (Å²) in [5.41, 5.74) is 7.79. The number of carbonyl (C=O) groups is 2. The summed E-state index contributed by atoms with van der Waals surface area (Å²) in [4.78, 5) is 34.7. The summed E-state index contributed by atoms with van der Waals surface area (Å²) in [6, 6.07) is 8.23. The fourth-order valence-corrected chi connectivity index (χ4v) is 5.10. The molecule has 0 radical (unpaired) electrons. The minimum absolute atomic E-state index is 0.0641. The predicted molar refractivity (Wildman–Crippen MR) is 110 cm³/mol. The van der Waals surface area contributed by atoms with Crippen molar-refractivity contribution in [1.29, 1.82) is 5.26 Å². The fourth-order valence-electron chi connectivity index (χ4n) is 5.10. The lowest BCUT2D eigenvalue weighted by molar-refractivity contribution is -0.140. The molecule has 2 bridgehead atoms. The third kappa shape index (κ3) is 3.43. The third-order valence-electron chi connectivity index (χ3n) is 6.67. The minimum atomic E-state index is -0.724. The van der Waals surface area contributed by atoms with E-state index in [2.05, 4.69) is 10.9 Å². The molecule has 30 heavy (non-hydrogen) atoms. The van der Waals surface area contributed by atoms with E-state index in [1.807, 2.05) is 28.9 Å². The lowest BCUT2D eigenvalue weighted by Gasteiger charge is -2.38. The first-order chi connectivity index (χ1) is 14.4. The third-order valence-corrected chi connectivity index (χ3v) is 6.67. The highest BCUT2D eigenvalue weighted by atomic mass is 16.2. The minimum Gasteiger partial charge on any atom is -0.330 e. The maximum absolute atomic E-state index is 13.1. The number of amides is 2. The van der Waals surface area contributed by atoms with Crippen LogP contribution in [-0.4, -0.2) is 70.3 Å². The van der Waals surface area contributed by atoms with Gasteiger partial charge in [-0.05, 0) is 31.7 Å². The zero-order chi connectivity index (χ0) is 21.4. The molecular formula is C22H26N6O2. The second-order valence-corrected chi connectivity index (χ2v) is 8.41. The van der Waals surface area contributed by atoms with Crippen LogP contribution in [0.4, 0.5) is 5.69 Å². The number of piperazine rings is 1. The Morgan fingerprint density at radius 2 is 2.13 bits per heavy atom. The number of fused-ring (bicyclic) bond motifs is 2. The summed E-state index contributed by atoms with van der Waals surface area (Å²) < 4.78 is 0. The zero-order valence-electron chi connectivity index (χ0n) is 17.1. The second kappa shape index (κ2) is 8.06. The molecule has 3 heterocycles. The topological polar surface area (TPSA) is 98.0 Å². The standard InChI is InChI=1S/C22H26N6O2/c1-14(15-5-7-16(25-2)8-6-15)28-18-10-20(22(28)30)26(12-18)13-19(24)21(29)27-9-3-4-17(27)11-23/h5-8,14,17-20H,3-4,9-10,12-13,24H2,1H3/t14-,17-,18-,19-,20-/m0/s1. The largest absolute Gasteiger partial charge is 0.330 e. The Hall–Kier alpha value is -2.94. The van der Waals surface area contributed by atoms with Gasteiger partial charge in [0.15, 0.2) is 5.69 Å². The van der Waals surface area contributed by atoms with Crippen molar-refractivity contribution >= 4 is 17.5 Å². The molecule has 156 valence electrons. The van der Waals surface area contributed by atoms with E-state index in [1.165, 1.54) is 0 Å². The molecular weight excluding hydrogens is 380 g/mol. The van der Waals surface area contributed by atoms with E-state index >= 15 is 0 Å². The summed E-state index contributed by atoms with van der Waals surface area (Å²) in [6.45, 7) is 10.7. The highest BCUT2D eigenvalue weighted by molar-refractivity contribution is 5.87. The molecule has 1 aromatic carbocycles. The van der Waals surface area contributed by atoms with E-state index in [9.17, 15) is 14.9 Å². The van der Waals surface area contributed by atoms with Crippen molar-refractivity contribution in [2.24, 2.45) is 5.73 Å². The number of carbonyl (C=O) groups excluding carboxylic acids is 2. The predicted octanol–water partition coefficient (Wildman–Crippen LogP) is 1.43. The maximum Gasteiger partial charge on any atom is 0.241 e. The van der Waals surface area contributed by atoms with Crippen LogP contribution < -0.4 is 5.73 Å². The molecule has 0 aromatic heterocycles. The van der Waals surface area contributed by atoms with Crippen molar-refractivity contribution in [1.82, 2.24) is 14.7 Å². The number of rotatable bonds is 5. The van der Waals surface area contributed by atoms with Gasteiger partial charge >= 0.3 is 0 Å². The van der Waals surface area contributed by atoms with Gasteiger partial charge in [-0.1, -0.05) is 24.3 Å². The molecule has 0 spiro atoms. The van der Waals surface area contributed by atoms with Gasteiger partial charge in [0.2, 0.25) is 11.8 Å². The molecule has 3 fully saturated rings. The van der Waals surface area contributed by atoms with E-state index in [-0.39, 0.29) is 36.0 Å².